The number of nitrogens with one attached hydrogen (secondary N) is 1. The molecule has 0 bridgehead atoms. The highest BCUT2D eigenvalue weighted by molar-refractivity contribution is 6.32. The van der Waals surface area contributed by atoms with Crippen LogP contribution < -0.4 is 10.9 Å². The molecule has 1 aromatic rings. The Balaban J connectivity index is 2.11. The predicted octanol–water partition coefficient (Wildman–Crippen LogP) is 1.03. The van der Waals surface area contributed by atoms with E-state index in [0.29, 0.717) is 12.2 Å². The molecule has 1 aliphatic carbocycles. The summed E-state index contributed by atoms with van der Waals surface area (Å²) in [7, 11) is 3.88. The minimum absolute atomic E-state index is 0.155. The molecule has 2 unspecified atom stereocenters. The number of aromatic nitrogens is 2. The van der Waals surface area contributed by atoms with Gasteiger partial charge in [0.2, 0.25) is 0 Å². The molecule has 0 radical (unpaired) electrons. The number of anilines is 1. The van der Waals surface area contributed by atoms with Gasteiger partial charge in [-0.3, -0.25) is 4.79 Å². The Kier molecular flexibility index (Phi) is 5.61. The summed E-state index contributed by atoms with van der Waals surface area (Å²) in [5, 5.41) is 17.0. The fourth-order valence-electron chi connectivity index (χ4n) is 2.66. The van der Waals surface area contributed by atoms with Crippen LogP contribution in [0.4, 0.5) is 5.69 Å². The van der Waals surface area contributed by atoms with Crippen LogP contribution >= 0.6 is 11.6 Å². The lowest BCUT2D eigenvalue weighted by atomic mass is 10.1. The van der Waals surface area contributed by atoms with E-state index in [1.54, 1.807) is 6.20 Å². The van der Waals surface area contributed by atoms with E-state index in [0.717, 1.165) is 25.8 Å². The first-order valence-corrected chi connectivity index (χ1v) is 7.68. The van der Waals surface area contributed by atoms with Crippen LogP contribution in [0.15, 0.2) is 11.0 Å². The average Bonchev–Trinajstić information content (AvgIpc) is 2.90. The summed E-state index contributed by atoms with van der Waals surface area (Å²) in [4.78, 5) is 14.2. The number of aliphatic hydroxyl groups is 1. The Morgan fingerprint density at radius 3 is 2.95 bits per heavy atom. The van der Waals surface area contributed by atoms with Gasteiger partial charge in [-0.05, 0) is 26.9 Å². The number of rotatable bonds is 6. The van der Waals surface area contributed by atoms with Gasteiger partial charge in [0.05, 0.1) is 18.4 Å². The van der Waals surface area contributed by atoms with Crippen molar-refractivity contribution < 1.29 is 5.11 Å². The molecule has 0 aromatic carbocycles. The molecule has 1 aromatic heterocycles. The fraction of sp³-hybridized carbons (Fsp3) is 0.714. The van der Waals surface area contributed by atoms with Crippen LogP contribution in [0.5, 0.6) is 0 Å². The summed E-state index contributed by atoms with van der Waals surface area (Å²) in [6, 6.07) is 0.159. The SMILES string of the molecule is CN(C)CCn1ncc(NC2CCCC2CO)c(Cl)c1=O. The van der Waals surface area contributed by atoms with Crippen molar-refractivity contribution in [3.05, 3.63) is 21.6 Å². The third-order valence-corrected chi connectivity index (χ3v) is 4.34. The second-order valence-electron chi connectivity index (χ2n) is 5.83. The standard InChI is InChI=1S/C14H23ClN4O2/c1-18(2)6-7-19-14(21)13(15)12(8-16-19)17-11-5-3-4-10(11)9-20/h8,10-11,17,20H,3-7,9H2,1-2H3. The van der Waals surface area contributed by atoms with E-state index >= 15 is 0 Å². The van der Waals surface area contributed by atoms with E-state index in [1.807, 2.05) is 19.0 Å². The summed E-state index contributed by atoms with van der Waals surface area (Å²) < 4.78 is 1.38. The summed E-state index contributed by atoms with van der Waals surface area (Å²) >= 11 is 6.17. The van der Waals surface area contributed by atoms with Gasteiger partial charge >= 0.3 is 0 Å². The third kappa shape index (κ3) is 3.96. The topological polar surface area (TPSA) is 70.4 Å². The maximum Gasteiger partial charge on any atom is 0.287 e. The first-order chi connectivity index (χ1) is 10.0. The van der Waals surface area contributed by atoms with E-state index in [2.05, 4.69) is 10.4 Å². The van der Waals surface area contributed by atoms with Gasteiger partial charge in [0, 0.05) is 25.1 Å². The molecule has 7 heteroatoms. The van der Waals surface area contributed by atoms with Crippen LogP contribution in [-0.4, -0.2) is 53.1 Å². The van der Waals surface area contributed by atoms with Crippen molar-refractivity contribution in [2.45, 2.75) is 31.8 Å². The lowest BCUT2D eigenvalue weighted by Gasteiger charge is -2.21. The fourth-order valence-corrected chi connectivity index (χ4v) is 2.87. The molecule has 1 aliphatic rings. The second kappa shape index (κ2) is 7.24. The molecule has 21 heavy (non-hydrogen) atoms. The quantitative estimate of drug-likeness (QED) is 0.821. The van der Waals surface area contributed by atoms with Crippen molar-refractivity contribution in [3.63, 3.8) is 0 Å². The first-order valence-electron chi connectivity index (χ1n) is 7.30. The summed E-state index contributed by atoms with van der Waals surface area (Å²) in [5.74, 6) is 0.220. The molecule has 1 saturated carbocycles. The number of halogens is 1. The Bertz CT molecular complexity index is 532. The zero-order valence-corrected chi connectivity index (χ0v) is 13.3. The molecule has 2 rings (SSSR count). The zero-order valence-electron chi connectivity index (χ0n) is 12.5. The summed E-state index contributed by atoms with van der Waals surface area (Å²) in [6.45, 7) is 1.39. The van der Waals surface area contributed by atoms with Gasteiger partial charge in [-0.1, -0.05) is 18.0 Å². The van der Waals surface area contributed by atoms with Gasteiger partial charge in [0.15, 0.2) is 0 Å². The lowest BCUT2D eigenvalue weighted by molar-refractivity contribution is 0.222. The highest BCUT2D eigenvalue weighted by Gasteiger charge is 2.27. The van der Waals surface area contributed by atoms with Crippen LogP contribution in [0, 0.1) is 5.92 Å². The van der Waals surface area contributed by atoms with E-state index in [1.165, 1.54) is 4.68 Å². The molecule has 1 fully saturated rings. The van der Waals surface area contributed by atoms with E-state index in [4.69, 9.17) is 11.6 Å². The molecule has 0 spiro atoms. The normalized spacial score (nSPS) is 22.0. The van der Waals surface area contributed by atoms with Crippen molar-refractivity contribution in [1.29, 1.82) is 0 Å². The number of hydrogen-bond acceptors (Lipinski definition) is 5. The van der Waals surface area contributed by atoms with Crippen molar-refractivity contribution in [3.8, 4) is 0 Å². The number of hydrogen-bond donors (Lipinski definition) is 2. The van der Waals surface area contributed by atoms with Crippen molar-refractivity contribution in [1.82, 2.24) is 14.7 Å². The van der Waals surface area contributed by atoms with E-state index < -0.39 is 0 Å². The largest absolute Gasteiger partial charge is 0.396 e. The zero-order chi connectivity index (χ0) is 15.4. The minimum Gasteiger partial charge on any atom is -0.396 e. The molecule has 6 nitrogen and oxygen atoms in total. The lowest BCUT2D eigenvalue weighted by Crippen LogP contribution is -2.31. The molecule has 0 saturated heterocycles. The van der Waals surface area contributed by atoms with Crippen LogP contribution in [-0.2, 0) is 6.54 Å². The first kappa shape index (κ1) is 16.3. The van der Waals surface area contributed by atoms with Crippen LogP contribution in [0.25, 0.3) is 0 Å². The summed E-state index contributed by atoms with van der Waals surface area (Å²) in [5.41, 5.74) is 0.287. The number of aliphatic hydroxyl groups excluding tert-OH is 1. The molecule has 0 amide bonds. The monoisotopic (exact) mass is 314 g/mol. The highest BCUT2D eigenvalue weighted by Crippen LogP contribution is 2.29. The summed E-state index contributed by atoms with van der Waals surface area (Å²) in [6.07, 6.45) is 4.66. The van der Waals surface area contributed by atoms with Crippen molar-refractivity contribution >= 4 is 17.3 Å². The van der Waals surface area contributed by atoms with Gasteiger partial charge in [-0.25, -0.2) is 4.68 Å². The van der Waals surface area contributed by atoms with Crippen LogP contribution in [0.2, 0.25) is 5.02 Å². The second-order valence-corrected chi connectivity index (χ2v) is 6.21. The minimum atomic E-state index is -0.276. The molecule has 2 N–H and O–H groups in total. The van der Waals surface area contributed by atoms with Gasteiger partial charge < -0.3 is 15.3 Å². The van der Waals surface area contributed by atoms with E-state index in [-0.39, 0.29) is 29.1 Å². The smallest absolute Gasteiger partial charge is 0.287 e. The Morgan fingerprint density at radius 1 is 1.52 bits per heavy atom. The van der Waals surface area contributed by atoms with Crippen molar-refractivity contribution in [2.75, 3.05) is 32.6 Å². The van der Waals surface area contributed by atoms with Crippen molar-refractivity contribution in [2.24, 2.45) is 5.92 Å². The maximum absolute atomic E-state index is 12.2. The highest BCUT2D eigenvalue weighted by atomic mass is 35.5. The average molecular weight is 315 g/mol. The van der Waals surface area contributed by atoms with Gasteiger partial charge in [0.25, 0.3) is 5.56 Å². The molecular formula is C14H23ClN4O2. The van der Waals surface area contributed by atoms with Gasteiger partial charge in [-0.2, -0.15) is 5.10 Å². The van der Waals surface area contributed by atoms with Crippen LogP contribution in [0.3, 0.4) is 0 Å². The van der Waals surface area contributed by atoms with Gasteiger partial charge in [0.1, 0.15) is 5.02 Å². The third-order valence-electron chi connectivity index (χ3n) is 3.98. The Labute approximate surface area is 129 Å². The molecule has 118 valence electrons. The molecule has 0 aliphatic heterocycles. The molecule has 2 atom stereocenters. The maximum atomic E-state index is 12.2. The van der Waals surface area contributed by atoms with Crippen LogP contribution in [0.1, 0.15) is 19.3 Å². The number of likely N-dealkylation sites (N-methyl/N-ethyl adjacent to an activating group) is 1. The Morgan fingerprint density at radius 2 is 2.29 bits per heavy atom. The molecule has 1 heterocycles. The predicted molar refractivity (Wildman–Crippen MR) is 83.9 cm³/mol. The Hall–Kier alpha value is -1.11. The van der Waals surface area contributed by atoms with E-state index in [9.17, 15) is 9.90 Å². The number of nitrogens with zero attached hydrogens (tertiary/aromatic N) is 3. The molecular weight excluding hydrogens is 292 g/mol. The van der Waals surface area contributed by atoms with Gasteiger partial charge in [-0.15, -0.1) is 0 Å².